The first-order valence-electron chi connectivity index (χ1n) is 9.36. The molecular formula is C19H27F2N3O. The quantitative estimate of drug-likeness (QED) is 0.838. The lowest BCUT2D eigenvalue weighted by molar-refractivity contribution is 0.185. The van der Waals surface area contributed by atoms with Crippen molar-refractivity contribution in [2.45, 2.75) is 51.0 Å². The van der Waals surface area contributed by atoms with Gasteiger partial charge in [0, 0.05) is 25.2 Å². The predicted molar refractivity (Wildman–Crippen MR) is 94.5 cm³/mol. The van der Waals surface area contributed by atoms with E-state index in [0.29, 0.717) is 12.6 Å². The van der Waals surface area contributed by atoms with Crippen molar-refractivity contribution >= 4 is 11.7 Å². The number of anilines is 1. The minimum Gasteiger partial charge on any atom is -0.336 e. The van der Waals surface area contributed by atoms with Gasteiger partial charge in [0.1, 0.15) is 11.6 Å². The predicted octanol–water partition coefficient (Wildman–Crippen LogP) is 4.13. The van der Waals surface area contributed by atoms with E-state index in [9.17, 15) is 13.6 Å². The molecule has 1 aliphatic carbocycles. The standard InChI is InChI=1S/C19H27F2N3O/c20-15-8-9-18(17(21)11-15)23-19(25)22-12-16-7-4-10-24(16)13-14-5-2-1-3-6-14/h8-9,11,14,16H,1-7,10,12-13H2,(H2,22,23,25). The fourth-order valence-electron chi connectivity index (χ4n) is 4.04. The molecule has 2 amide bonds. The van der Waals surface area contributed by atoms with Crippen LogP contribution in [-0.2, 0) is 0 Å². The minimum absolute atomic E-state index is 0.00983. The van der Waals surface area contributed by atoms with Gasteiger partial charge < -0.3 is 10.6 Å². The van der Waals surface area contributed by atoms with Crippen LogP contribution in [0.2, 0.25) is 0 Å². The highest BCUT2D eigenvalue weighted by atomic mass is 19.1. The van der Waals surface area contributed by atoms with E-state index in [1.165, 1.54) is 38.2 Å². The van der Waals surface area contributed by atoms with E-state index in [2.05, 4.69) is 15.5 Å². The fourth-order valence-corrected chi connectivity index (χ4v) is 4.04. The monoisotopic (exact) mass is 351 g/mol. The lowest BCUT2D eigenvalue weighted by Crippen LogP contribution is -2.43. The first kappa shape index (κ1) is 18.1. The van der Waals surface area contributed by atoms with Gasteiger partial charge in [-0.2, -0.15) is 0 Å². The van der Waals surface area contributed by atoms with Gasteiger partial charge in [0.15, 0.2) is 0 Å². The van der Waals surface area contributed by atoms with Gasteiger partial charge in [0.2, 0.25) is 0 Å². The second kappa shape index (κ2) is 8.61. The molecule has 1 heterocycles. The van der Waals surface area contributed by atoms with Gasteiger partial charge in [0.25, 0.3) is 0 Å². The van der Waals surface area contributed by atoms with Crippen molar-refractivity contribution in [2.75, 3.05) is 25.0 Å². The molecular weight excluding hydrogens is 324 g/mol. The van der Waals surface area contributed by atoms with Gasteiger partial charge in [-0.3, -0.25) is 4.90 Å². The molecule has 3 rings (SSSR count). The molecule has 1 saturated carbocycles. The van der Waals surface area contributed by atoms with Gasteiger partial charge in [0.05, 0.1) is 5.69 Å². The van der Waals surface area contributed by atoms with E-state index in [1.807, 2.05) is 0 Å². The van der Waals surface area contributed by atoms with Crippen LogP contribution in [-0.4, -0.2) is 36.6 Å². The van der Waals surface area contributed by atoms with Crippen molar-refractivity contribution in [3.8, 4) is 0 Å². The molecule has 25 heavy (non-hydrogen) atoms. The molecule has 0 aromatic heterocycles. The summed E-state index contributed by atoms with van der Waals surface area (Å²) >= 11 is 0. The number of carbonyl (C=O) groups excluding carboxylic acids is 1. The number of rotatable bonds is 5. The fraction of sp³-hybridized carbons (Fsp3) is 0.632. The van der Waals surface area contributed by atoms with Crippen molar-refractivity contribution in [1.82, 2.24) is 10.2 Å². The summed E-state index contributed by atoms with van der Waals surface area (Å²) in [6.45, 7) is 2.78. The summed E-state index contributed by atoms with van der Waals surface area (Å²) in [7, 11) is 0. The molecule has 1 aromatic rings. The van der Waals surface area contributed by atoms with Crippen molar-refractivity contribution in [3.63, 3.8) is 0 Å². The van der Waals surface area contributed by atoms with Crippen molar-refractivity contribution in [2.24, 2.45) is 5.92 Å². The smallest absolute Gasteiger partial charge is 0.319 e. The van der Waals surface area contributed by atoms with E-state index in [-0.39, 0.29) is 5.69 Å². The van der Waals surface area contributed by atoms with Crippen LogP contribution in [0.3, 0.4) is 0 Å². The second-order valence-electron chi connectivity index (χ2n) is 7.25. The Bertz CT molecular complexity index is 590. The summed E-state index contributed by atoms with van der Waals surface area (Å²) in [5.74, 6) is -0.640. The molecule has 0 bridgehead atoms. The highest BCUT2D eigenvalue weighted by Crippen LogP contribution is 2.27. The topological polar surface area (TPSA) is 44.4 Å². The molecule has 0 spiro atoms. The third kappa shape index (κ3) is 5.14. The zero-order chi connectivity index (χ0) is 17.6. The van der Waals surface area contributed by atoms with Gasteiger partial charge in [-0.15, -0.1) is 0 Å². The lowest BCUT2D eigenvalue weighted by Gasteiger charge is -2.31. The number of nitrogens with one attached hydrogen (secondary N) is 2. The summed E-state index contributed by atoms with van der Waals surface area (Å²) in [6.07, 6.45) is 8.93. The van der Waals surface area contributed by atoms with Crippen LogP contribution in [0, 0.1) is 17.6 Å². The third-order valence-corrected chi connectivity index (χ3v) is 5.39. The Hall–Kier alpha value is -1.69. The number of benzene rings is 1. The Morgan fingerprint density at radius 2 is 1.92 bits per heavy atom. The largest absolute Gasteiger partial charge is 0.336 e. The number of halogens is 2. The maximum Gasteiger partial charge on any atom is 0.319 e. The zero-order valence-electron chi connectivity index (χ0n) is 14.6. The SMILES string of the molecule is O=C(NCC1CCCN1CC1CCCCC1)Nc1ccc(F)cc1F. The van der Waals surface area contributed by atoms with Crippen LogP contribution in [0.1, 0.15) is 44.9 Å². The first-order chi connectivity index (χ1) is 12.1. The van der Waals surface area contributed by atoms with Crippen LogP contribution < -0.4 is 10.6 Å². The lowest BCUT2D eigenvalue weighted by atomic mass is 9.89. The van der Waals surface area contributed by atoms with Gasteiger partial charge in [-0.1, -0.05) is 19.3 Å². The third-order valence-electron chi connectivity index (χ3n) is 5.39. The molecule has 4 nitrogen and oxygen atoms in total. The molecule has 1 saturated heterocycles. The number of likely N-dealkylation sites (tertiary alicyclic amines) is 1. The molecule has 1 unspecified atom stereocenters. The number of carbonyl (C=O) groups is 1. The molecule has 2 fully saturated rings. The van der Waals surface area contributed by atoms with E-state index in [0.717, 1.165) is 44.0 Å². The number of hydrogen-bond acceptors (Lipinski definition) is 2. The highest BCUT2D eigenvalue weighted by molar-refractivity contribution is 5.89. The summed E-state index contributed by atoms with van der Waals surface area (Å²) < 4.78 is 26.5. The number of urea groups is 1. The summed E-state index contributed by atoms with van der Waals surface area (Å²) in [5, 5.41) is 5.28. The Kier molecular flexibility index (Phi) is 6.24. The van der Waals surface area contributed by atoms with Crippen LogP contribution in [0.15, 0.2) is 18.2 Å². The van der Waals surface area contributed by atoms with Crippen molar-refractivity contribution in [3.05, 3.63) is 29.8 Å². The molecule has 138 valence electrons. The Morgan fingerprint density at radius 3 is 2.68 bits per heavy atom. The average molecular weight is 351 g/mol. The average Bonchev–Trinajstić information content (AvgIpc) is 3.03. The summed E-state index contributed by atoms with van der Waals surface area (Å²) in [6, 6.07) is 3.02. The van der Waals surface area contributed by atoms with E-state index >= 15 is 0 Å². The number of amides is 2. The summed E-state index contributed by atoms with van der Waals surface area (Å²) in [4.78, 5) is 14.5. The molecule has 1 atom stereocenters. The molecule has 1 aromatic carbocycles. The Morgan fingerprint density at radius 1 is 1.12 bits per heavy atom. The van der Waals surface area contributed by atoms with Crippen molar-refractivity contribution in [1.29, 1.82) is 0 Å². The minimum atomic E-state index is -0.769. The van der Waals surface area contributed by atoms with Crippen LogP contribution in [0.4, 0.5) is 19.3 Å². The second-order valence-corrected chi connectivity index (χ2v) is 7.25. The molecule has 2 aliphatic rings. The van der Waals surface area contributed by atoms with Gasteiger partial charge in [-0.05, 0) is 50.3 Å². The van der Waals surface area contributed by atoms with Gasteiger partial charge in [-0.25, -0.2) is 13.6 Å². The van der Waals surface area contributed by atoms with Crippen LogP contribution >= 0.6 is 0 Å². The highest BCUT2D eigenvalue weighted by Gasteiger charge is 2.27. The molecule has 1 aliphatic heterocycles. The van der Waals surface area contributed by atoms with Crippen LogP contribution in [0.25, 0.3) is 0 Å². The molecule has 2 N–H and O–H groups in total. The maximum atomic E-state index is 13.6. The Balaban J connectivity index is 1.45. The number of nitrogens with zero attached hydrogens (tertiary/aromatic N) is 1. The summed E-state index contributed by atoms with van der Waals surface area (Å²) in [5.41, 5.74) is -0.00983. The van der Waals surface area contributed by atoms with E-state index in [1.54, 1.807) is 0 Å². The Labute approximate surface area is 148 Å². The van der Waals surface area contributed by atoms with Crippen molar-refractivity contribution < 1.29 is 13.6 Å². The van der Waals surface area contributed by atoms with Gasteiger partial charge >= 0.3 is 6.03 Å². The van der Waals surface area contributed by atoms with Crippen LogP contribution in [0.5, 0.6) is 0 Å². The zero-order valence-corrected chi connectivity index (χ0v) is 14.6. The molecule has 0 radical (unpaired) electrons. The first-order valence-corrected chi connectivity index (χ1v) is 9.36. The van der Waals surface area contributed by atoms with E-state index in [4.69, 9.17) is 0 Å². The maximum absolute atomic E-state index is 13.6. The van der Waals surface area contributed by atoms with E-state index < -0.39 is 17.7 Å². The molecule has 6 heteroatoms. The number of hydrogen-bond donors (Lipinski definition) is 2. The normalized spacial score (nSPS) is 22.1.